The molecule has 3 rings (SSSR count). The molecule has 12 heteroatoms. The fraction of sp³-hybridized carbons (Fsp3) is 0.150. The van der Waals surface area contributed by atoms with Crippen LogP contribution >= 0.6 is 23.4 Å². The first-order chi connectivity index (χ1) is 15.2. The second-order valence-corrected chi connectivity index (χ2v) is 9.68. The number of carbonyl (C=O) groups is 1. The SMILES string of the molecule is C=CCn1c(SCC(=O)Nc2ccc(S(=O)(=O)C(F)F)cc2)nnc1-c1ccc(Cl)cc1. The molecule has 1 aromatic heterocycles. The summed E-state index contributed by atoms with van der Waals surface area (Å²) in [5.74, 6) is -3.31. The Labute approximate surface area is 192 Å². The minimum atomic E-state index is -4.69. The zero-order valence-corrected chi connectivity index (χ0v) is 18.8. The minimum absolute atomic E-state index is 0.00697. The molecule has 32 heavy (non-hydrogen) atoms. The summed E-state index contributed by atoms with van der Waals surface area (Å²) in [6.07, 6.45) is 1.68. The highest BCUT2D eigenvalue weighted by Gasteiger charge is 2.26. The second-order valence-electron chi connectivity index (χ2n) is 6.38. The number of nitrogens with zero attached hydrogens (tertiary/aromatic N) is 3. The number of benzene rings is 2. The monoisotopic (exact) mass is 498 g/mol. The molecule has 2 aromatic carbocycles. The summed E-state index contributed by atoms with van der Waals surface area (Å²) in [5.41, 5.74) is 1.08. The molecule has 1 amide bonds. The minimum Gasteiger partial charge on any atom is -0.325 e. The Morgan fingerprint density at radius 2 is 1.81 bits per heavy atom. The Kier molecular flexibility index (Phi) is 7.64. The van der Waals surface area contributed by atoms with Gasteiger partial charge in [-0.25, -0.2) is 8.42 Å². The summed E-state index contributed by atoms with van der Waals surface area (Å²) in [7, 11) is -4.69. The van der Waals surface area contributed by atoms with Crippen molar-refractivity contribution >= 4 is 44.8 Å². The van der Waals surface area contributed by atoms with Crippen LogP contribution in [0.2, 0.25) is 5.02 Å². The van der Waals surface area contributed by atoms with Gasteiger partial charge in [0.05, 0.1) is 10.6 Å². The topological polar surface area (TPSA) is 94.0 Å². The predicted octanol–water partition coefficient (Wildman–Crippen LogP) is 4.51. The van der Waals surface area contributed by atoms with E-state index in [0.29, 0.717) is 22.5 Å². The maximum atomic E-state index is 12.6. The van der Waals surface area contributed by atoms with Crippen LogP contribution in [0.25, 0.3) is 11.4 Å². The van der Waals surface area contributed by atoms with Crippen LogP contribution < -0.4 is 5.32 Å². The number of nitrogens with one attached hydrogen (secondary N) is 1. The van der Waals surface area contributed by atoms with Crippen LogP contribution in [0.4, 0.5) is 14.5 Å². The van der Waals surface area contributed by atoms with E-state index < -0.39 is 20.5 Å². The van der Waals surface area contributed by atoms with Gasteiger partial charge >= 0.3 is 5.76 Å². The molecule has 0 spiro atoms. The molecule has 1 N–H and O–H groups in total. The van der Waals surface area contributed by atoms with Gasteiger partial charge in [0.1, 0.15) is 0 Å². The van der Waals surface area contributed by atoms with Gasteiger partial charge in [-0.15, -0.1) is 16.8 Å². The highest BCUT2D eigenvalue weighted by atomic mass is 35.5. The van der Waals surface area contributed by atoms with E-state index in [1.165, 1.54) is 12.1 Å². The summed E-state index contributed by atoms with van der Waals surface area (Å²) in [5, 5.41) is 12.0. The maximum Gasteiger partial charge on any atom is 0.341 e. The molecule has 0 unspecified atom stereocenters. The molecule has 0 aliphatic heterocycles. The largest absolute Gasteiger partial charge is 0.341 e. The van der Waals surface area contributed by atoms with Crippen LogP contribution in [0, 0.1) is 0 Å². The summed E-state index contributed by atoms with van der Waals surface area (Å²) in [6.45, 7) is 4.16. The smallest absolute Gasteiger partial charge is 0.325 e. The van der Waals surface area contributed by atoms with Crippen LogP contribution in [0.5, 0.6) is 0 Å². The lowest BCUT2D eigenvalue weighted by Crippen LogP contribution is -2.15. The standard InChI is InChI=1S/C20H17ClF2N4O3S2/c1-2-11-27-18(13-3-5-14(21)6-4-13)25-26-20(27)31-12-17(28)24-15-7-9-16(10-8-15)32(29,30)19(22)23/h2-10,19H,1,11-12H2,(H,24,28). The number of alkyl halides is 2. The number of allylic oxidation sites excluding steroid dienone is 1. The fourth-order valence-corrected chi connectivity index (χ4v) is 4.25. The van der Waals surface area contributed by atoms with E-state index in [1.807, 2.05) is 12.1 Å². The van der Waals surface area contributed by atoms with Crippen LogP contribution in [0.1, 0.15) is 0 Å². The number of halogens is 3. The number of aromatic nitrogens is 3. The normalized spacial score (nSPS) is 11.5. The Morgan fingerprint density at radius 3 is 2.41 bits per heavy atom. The average Bonchev–Trinajstić information content (AvgIpc) is 3.16. The number of sulfone groups is 1. The molecular weight excluding hydrogens is 482 g/mol. The van der Waals surface area contributed by atoms with Gasteiger partial charge in [0.2, 0.25) is 15.7 Å². The lowest BCUT2D eigenvalue weighted by molar-refractivity contribution is -0.113. The van der Waals surface area contributed by atoms with Gasteiger partial charge in [0.15, 0.2) is 11.0 Å². The van der Waals surface area contributed by atoms with Crippen molar-refractivity contribution in [2.45, 2.75) is 22.4 Å². The molecule has 3 aromatic rings. The number of anilines is 1. The molecule has 0 bridgehead atoms. The highest BCUT2D eigenvalue weighted by Crippen LogP contribution is 2.26. The summed E-state index contributed by atoms with van der Waals surface area (Å²) in [4.78, 5) is 11.8. The lowest BCUT2D eigenvalue weighted by atomic mass is 10.2. The first-order valence-corrected chi connectivity index (χ1v) is 12.0. The van der Waals surface area contributed by atoms with Gasteiger partial charge in [0, 0.05) is 22.8 Å². The maximum absolute atomic E-state index is 12.6. The first kappa shape index (κ1) is 23.9. The third kappa shape index (κ3) is 5.53. The van der Waals surface area contributed by atoms with Crippen molar-refractivity contribution in [2.24, 2.45) is 0 Å². The van der Waals surface area contributed by atoms with E-state index in [4.69, 9.17) is 11.6 Å². The summed E-state index contributed by atoms with van der Waals surface area (Å²) >= 11 is 7.08. The van der Waals surface area contributed by atoms with Crippen molar-refractivity contribution in [2.75, 3.05) is 11.1 Å². The van der Waals surface area contributed by atoms with Crippen molar-refractivity contribution in [3.63, 3.8) is 0 Å². The van der Waals surface area contributed by atoms with Crippen LogP contribution in [-0.4, -0.2) is 40.6 Å². The molecular formula is C20H17ClF2N4O3S2. The molecule has 7 nitrogen and oxygen atoms in total. The van der Waals surface area contributed by atoms with E-state index in [9.17, 15) is 22.0 Å². The summed E-state index contributed by atoms with van der Waals surface area (Å²) in [6, 6.07) is 11.6. The van der Waals surface area contributed by atoms with Crippen molar-refractivity contribution in [1.29, 1.82) is 0 Å². The zero-order chi connectivity index (χ0) is 23.3. The van der Waals surface area contributed by atoms with E-state index in [1.54, 1.807) is 22.8 Å². The van der Waals surface area contributed by atoms with Gasteiger partial charge in [-0.05, 0) is 48.5 Å². The Balaban J connectivity index is 1.67. The highest BCUT2D eigenvalue weighted by molar-refractivity contribution is 7.99. The Bertz CT molecular complexity index is 1210. The number of rotatable bonds is 9. The van der Waals surface area contributed by atoms with Crippen molar-refractivity contribution in [3.05, 3.63) is 66.2 Å². The summed E-state index contributed by atoms with van der Waals surface area (Å²) < 4.78 is 49.9. The van der Waals surface area contributed by atoms with Gasteiger partial charge in [-0.3, -0.25) is 9.36 Å². The lowest BCUT2D eigenvalue weighted by Gasteiger charge is -2.09. The number of carbonyl (C=O) groups excluding carboxylic acids is 1. The van der Waals surface area contributed by atoms with Crippen molar-refractivity contribution < 1.29 is 22.0 Å². The predicted molar refractivity (Wildman–Crippen MR) is 120 cm³/mol. The third-order valence-corrected chi connectivity index (χ3v) is 6.78. The van der Waals surface area contributed by atoms with Gasteiger partial charge in [-0.2, -0.15) is 8.78 Å². The molecule has 0 radical (unpaired) electrons. The van der Waals surface area contributed by atoms with Crippen LogP contribution in [0.15, 0.2) is 71.2 Å². The molecule has 0 saturated carbocycles. The van der Waals surface area contributed by atoms with Gasteiger partial charge in [0.25, 0.3) is 0 Å². The molecule has 0 aliphatic carbocycles. The molecule has 0 fully saturated rings. The number of thioether (sulfide) groups is 1. The zero-order valence-electron chi connectivity index (χ0n) is 16.4. The molecule has 0 saturated heterocycles. The first-order valence-electron chi connectivity index (χ1n) is 9.07. The number of hydrogen-bond acceptors (Lipinski definition) is 6. The van der Waals surface area contributed by atoms with Gasteiger partial charge in [-0.1, -0.05) is 29.4 Å². The number of amides is 1. The van der Waals surface area contributed by atoms with Crippen LogP contribution in [0.3, 0.4) is 0 Å². The van der Waals surface area contributed by atoms with E-state index in [-0.39, 0.29) is 17.3 Å². The average molecular weight is 499 g/mol. The fourth-order valence-electron chi connectivity index (χ4n) is 2.66. The Hall–Kier alpha value is -2.76. The van der Waals surface area contributed by atoms with E-state index in [2.05, 4.69) is 22.1 Å². The second kappa shape index (κ2) is 10.2. The van der Waals surface area contributed by atoms with Crippen LogP contribution in [-0.2, 0) is 21.2 Å². The number of hydrogen-bond donors (Lipinski definition) is 1. The molecule has 1 heterocycles. The molecule has 168 valence electrons. The van der Waals surface area contributed by atoms with Crippen molar-refractivity contribution in [1.82, 2.24) is 14.8 Å². The third-order valence-electron chi connectivity index (χ3n) is 4.16. The van der Waals surface area contributed by atoms with Gasteiger partial charge < -0.3 is 5.32 Å². The molecule has 0 aliphatic rings. The quantitative estimate of drug-likeness (QED) is 0.344. The molecule has 0 atom stereocenters. The van der Waals surface area contributed by atoms with E-state index >= 15 is 0 Å². The Morgan fingerprint density at radius 1 is 1.16 bits per heavy atom. The van der Waals surface area contributed by atoms with E-state index in [0.717, 1.165) is 29.5 Å². The van der Waals surface area contributed by atoms with Crippen molar-refractivity contribution in [3.8, 4) is 11.4 Å².